The summed E-state index contributed by atoms with van der Waals surface area (Å²) >= 11 is 6.10. The third-order valence-electron chi connectivity index (χ3n) is 5.65. The van der Waals surface area contributed by atoms with Gasteiger partial charge in [0.05, 0.1) is 25.3 Å². The van der Waals surface area contributed by atoms with Crippen molar-refractivity contribution in [3.63, 3.8) is 0 Å². The number of aliphatic hydroxyl groups excluding tert-OH is 1. The Bertz CT molecular complexity index is 1230. The number of likely N-dealkylation sites (tertiary alicyclic amines) is 1. The lowest BCUT2D eigenvalue weighted by molar-refractivity contribution is -0.140. The van der Waals surface area contributed by atoms with E-state index in [0.29, 0.717) is 16.3 Å². The number of aliphatic hydroxyl groups is 1. The molecule has 1 heterocycles. The second-order valence-electron chi connectivity index (χ2n) is 7.61. The summed E-state index contributed by atoms with van der Waals surface area (Å²) < 4.78 is 5.44. The molecule has 0 radical (unpaired) electrons. The standard InChI is InChI=1S/C26H22ClNO4/c1-16-8-3-5-12-20(16)23-22(24(29)17-10-7-11-19(27)14-17)25(30)26(31)28(23)15-18-9-4-6-13-21(18)32-2/h3-14,23,29H,15H2,1-2H3/b24-22+. The van der Waals surface area contributed by atoms with Crippen molar-refractivity contribution in [1.29, 1.82) is 0 Å². The maximum atomic E-state index is 13.2. The quantitative estimate of drug-likeness (QED) is 0.328. The van der Waals surface area contributed by atoms with Crippen molar-refractivity contribution >= 4 is 29.1 Å². The van der Waals surface area contributed by atoms with Gasteiger partial charge in [0.25, 0.3) is 11.7 Å². The predicted molar refractivity (Wildman–Crippen MR) is 123 cm³/mol. The number of halogens is 1. The Hall–Kier alpha value is -3.57. The number of Topliss-reactive ketones (excluding diaryl/α,β-unsaturated/α-hetero) is 1. The number of hydrogen-bond acceptors (Lipinski definition) is 4. The second-order valence-corrected chi connectivity index (χ2v) is 8.04. The van der Waals surface area contributed by atoms with E-state index in [2.05, 4.69) is 0 Å². The van der Waals surface area contributed by atoms with Gasteiger partial charge in [0.2, 0.25) is 0 Å². The maximum Gasteiger partial charge on any atom is 0.295 e. The highest BCUT2D eigenvalue weighted by Crippen LogP contribution is 2.42. The van der Waals surface area contributed by atoms with Gasteiger partial charge >= 0.3 is 0 Å². The van der Waals surface area contributed by atoms with E-state index in [4.69, 9.17) is 16.3 Å². The number of hydrogen-bond donors (Lipinski definition) is 1. The van der Waals surface area contributed by atoms with Gasteiger partial charge in [-0.15, -0.1) is 0 Å². The molecule has 1 aliphatic heterocycles. The van der Waals surface area contributed by atoms with Crippen LogP contribution in [0.15, 0.2) is 78.4 Å². The molecule has 0 aliphatic carbocycles. The fourth-order valence-corrected chi connectivity index (χ4v) is 4.26. The van der Waals surface area contributed by atoms with Crippen molar-refractivity contribution in [2.45, 2.75) is 19.5 Å². The van der Waals surface area contributed by atoms with Crippen LogP contribution in [0.25, 0.3) is 5.76 Å². The third kappa shape index (κ3) is 3.87. The third-order valence-corrected chi connectivity index (χ3v) is 5.89. The van der Waals surface area contributed by atoms with E-state index in [-0.39, 0.29) is 17.9 Å². The van der Waals surface area contributed by atoms with Crippen molar-refractivity contribution in [1.82, 2.24) is 4.90 Å². The Labute approximate surface area is 191 Å². The van der Waals surface area contributed by atoms with Crippen LogP contribution in [0.2, 0.25) is 5.02 Å². The van der Waals surface area contributed by atoms with Gasteiger partial charge in [-0.05, 0) is 36.2 Å². The van der Waals surface area contributed by atoms with Crippen LogP contribution in [0.4, 0.5) is 0 Å². The number of amides is 1. The van der Waals surface area contributed by atoms with Crippen LogP contribution in [0.5, 0.6) is 5.75 Å². The summed E-state index contributed by atoms with van der Waals surface area (Å²) in [5, 5.41) is 11.6. The van der Waals surface area contributed by atoms with Crippen LogP contribution in [0.1, 0.15) is 28.3 Å². The van der Waals surface area contributed by atoms with Crippen LogP contribution < -0.4 is 4.74 Å². The van der Waals surface area contributed by atoms with Crippen LogP contribution in [0.3, 0.4) is 0 Å². The number of methoxy groups -OCH3 is 1. The molecule has 1 saturated heterocycles. The lowest BCUT2D eigenvalue weighted by atomic mass is 9.92. The minimum absolute atomic E-state index is 0.0430. The average Bonchev–Trinajstić information content (AvgIpc) is 3.04. The average molecular weight is 448 g/mol. The molecule has 32 heavy (non-hydrogen) atoms. The lowest BCUT2D eigenvalue weighted by Gasteiger charge is -2.27. The molecule has 1 aliphatic rings. The lowest BCUT2D eigenvalue weighted by Crippen LogP contribution is -2.29. The van der Waals surface area contributed by atoms with Crippen molar-refractivity contribution in [2.75, 3.05) is 7.11 Å². The van der Waals surface area contributed by atoms with Gasteiger partial charge in [-0.3, -0.25) is 9.59 Å². The Balaban J connectivity index is 1.90. The number of carbonyl (C=O) groups excluding carboxylic acids is 2. The van der Waals surface area contributed by atoms with Crippen LogP contribution in [-0.4, -0.2) is 28.8 Å². The largest absolute Gasteiger partial charge is 0.507 e. The van der Waals surface area contributed by atoms with E-state index >= 15 is 0 Å². The van der Waals surface area contributed by atoms with Gasteiger partial charge in [-0.25, -0.2) is 0 Å². The molecule has 1 atom stereocenters. The molecule has 1 unspecified atom stereocenters. The summed E-state index contributed by atoms with van der Waals surface area (Å²) in [5.74, 6) is -1.03. The van der Waals surface area contributed by atoms with E-state index in [1.54, 1.807) is 37.4 Å². The van der Waals surface area contributed by atoms with Crippen LogP contribution in [-0.2, 0) is 16.1 Å². The number of nitrogens with zero attached hydrogens (tertiary/aromatic N) is 1. The van der Waals surface area contributed by atoms with Crippen molar-refractivity contribution in [3.8, 4) is 5.75 Å². The molecule has 3 aromatic carbocycles. The summed E-state index contributed by atoms with van der Waals surface area (Å²) in [5.41, 5.74) is 2.86. The van der Waals surface area contributed by atoms with Gasteiger partial charge < -0.3 is 14.7 Å². The number of ether oxygens (including phenoxy) is 1. The Kier molecular flexibility index (Phi) is 6.01. The molecule has 1 N–H and O–H groups in total. The second kappa shape index (κ2) is 8.89. The summed E-state index contributed by atoms with van der Waals surface area (Å²) in [7, 11) is 1.56. The summed E-state index contributed by atoms with van der Waals surface area (Å²) in [4.78, 5) is 27.8. The first-order valence-corrected chi connectivity index (χ1v) is 10.5. The molecule has 3 aromatic rings. The number of para-hydroxylation sites is 1. The number of benzene rings is 3. The summed E-state index contributed by atoms with van der Waals surface area (Å²) in [6, 6.07) is 20.7. The number of aryl methyl sites for hydroxylation is 1. The zero-order chi connectivity index (χ0) is 22.8. The zero-order valence-corrected chi connectivity index (χ0v) is 18.5. The Morgan fingerprint density at radius 1 is 1.03 bits per heavy atom. The topological polar surface area (TPSA) is 66.8 Å². The Morgan fingerprint density at radius 2 is 1.75 bits per heavy atom. The monoisotopic (exact) mass is 447 g/mol. The smallest absolute Gasteiger partial charge is 0.295 e. The first-order valence-electron chi connectivity index (χ1n) is 10.1. The maximum absolute atomic E-state index is 13.2. The first kappa shape index (κ1) is 21.7. The fourth-order valence-electron chi connectivity index (χ4n) is 4.07. The predicted octanol–water partition coefficient (Wildman–Crippen LogP) is 5.28. The molecule has 0 saturated carbocycles. The Morgan fingerprint density at radius 3 is 2.47 bits per heavy atom. The number of carbonyl (C=O) groups is 2. The SMILES string of the molecule is COc1ccccc1CN1C(=O)C(=O)/C(=C(/O)c2cccc(Cl)c2)C1c1ccccc1C. The van der Waals surface area contributed by atoms with Gasteiger partial charge in [0, 0.05) is 16.1 Å². The molecule has 5 nitrogen and oxygen atoms in total. The number of ketones is 1. The molecular weight excluding hydrogens is 426 g/mol. The zero-order valence-electron chi connectivity index (χ0n) is 17.7. The molecular formula is C26H22ClNO4. The van der Waals surface area contributed by atoms with Gasteiger partial charge in [0.1, 0.15) is 11.5 Å². The van der Waals surface area contributed by atoms with Crippen molar-refractivity contribution in [2.24, 2.45) is 0 Å². The molecule has 1 fully saturated rings. The van der Waals surface area contributed by atoms with E-state index in [9.17, 15) is 14.7 Å². The molecule has 1 amide bonds. The van der Waals surface area contributed by atoms with E-state index in [1.807, 2.05) is 49.4 Å². The van der Waals surface area contributed by atoms with Gasteiger partial charge in [0.15, 0.2) is 0 Å². The molecule has 0 spiro atoms. The first-order chi connectivity index (χ1) is 15.4. The minimum Gasteiger partial charge on any atom is -0.507 e. The van der Waals surface area contributed by atoms with E-state index in [1.165, 1.54) is 4.90 Å². The number of rotatable bonds is 5. The van der Waals surface area contributed by atoms with Crippen LogP contribution in [0, 0.1) is 6.92 Å². The fraction of sp³-hybridized carbons (Fsp3) is 0.154. The van der Waals surface area contributed by atoms with Gasteiger partial charge in [-0.2, -0.15) is 0 Å². The summed E-state index contributed by atoms with van der Waals surface area (Å²) in [6.45, 7) is 2.07. The molecule has 162 valence electrons. The van der Waals surface area contributed by atoms with Gasteiger partial charge in [-0.1, -0.05) is 66.2 Å². The van der Waals surface area contributed by atoms with Crippen LogP contribution >= 0.6 is 11.6 Å². The molecule has 6 heteroatoms. The highest BCUT2D eigenvalue weighted by atomic mass is 35.5. The highest BCUT2D eigenvalue weighted by molar-refractivity contribution is 6.46. The minimum atomic E-state index is -0.750. The van der Waals surface area contributed by atoms with Crippen molar-refractivity contribution < 1.29 is 19.4 Å². The normalized spacial score (nSPS) is 17.6. The van der Waals surface area contributed by atoms with E-state index < -0.39 is 17.7 Å². The molecule has 4 rings (SSSR count). The molecule has 0 aromatic heterocycles. The van der Waals surface area contributed by atoms with E-state index in [0.717, 1.165) is 16.7 Å². The highest BCUT2D eigenvalue weighted by Gasteiger charge is 2.46. The summed E-state index contributed by atoms with van der Waals surface area (Å²) in [6.07, 6.45) is 0. The molecule has 0 bridgehead atoms. The van der Waals surface area contributed by atoms with Crippen molar-refractivity contribution in [3.05, 3.63) is 106 Å².